The van der Waals surface area contributed by atoms with Crippen LogP contribution in [0.3, 0.4) is 0 Å². The number of hydrogen-bond acceptors (Lipinski definition) is 3. The number of nitrogens with zero attached hydrogens (tertiary/aromatic N) is 1. The lowest BCUT2D eigenvalue weighted by molar-refractivity contribution is -0.191. The summed E-state index contributed by atoms with van der Waals surface area (Å²) < 4.78 is 5.51. The van der Waals surface area contributed by atoms with Gasteiger partial charge in [0.2, 0.25) is 0 Å². The van der Waals surface area contributed by atoms with Crippen LogP contribution in [0.4, 0.5) is 0 Å². The molecule has 102 valence electrons. The van der Waals surface area contributed by atoms with Crippen LogP contribution in [0.25, 0.3) is 6.08 Å². The van der Waals surface area contributed by atoms with Crippen LogP contribution in [-0.2, 0) is 9.63 Å². The zero-order valence-corrected chi connectivity index (χ0v) is 11.2. The fraction of sp³-hybridized carbons (Fsp3) is 0.400. The predicted octanol–water partition coefficient (Wildman–Crippen LogP) is 2.65. The molecule has 1 aromatic carbocycles. The van der Waals surface area contributed by atoms with E-state index in [1.54, 1.807) is 6.08 Å². The molecular formula is C15H19NO3. The Bertz CT molecular complexity index is 450. The maximum absolute atomic E-state index is 11.9. The third kappa shape index (κ3) is 3.83. The molecule has 1 aromatic rings. The molecule has 1 aliphatic heterocycles. The number of rotatable bonds is 4. The van der Waals surface area contributed by atoms with Crippen molar-refractivity contribution in [2.24, 2.45) is 0 Å². The van der Waals surface area contributed by atoms with Crippen molar-refractivity contribution < 1.29 is 14.4 Å². The normalized spacial score (nSPS) is 15.7. The molecule has 2 rings (SSSR count). The topological polar surface area (TPSA) is 38.8 Å². The molecule has 0 spiro atoms. The largest absolute Gasteiger partial charge is 0.493 e. The van der Waals surface area contributed by atoms with Gasteiger partial charge >= 0.3 is 0 Å². The van der Waals surface area contributed by atoms with Gasteiger partial charge in [-0.2, -0.15) is 0 Å². The Balaban J connectivity index is 2.03. The van der Waals surface area contributed by atoms with Gasteiger partial charge < -0.3 is 4.74 Å². The van der Waals surface area contributed by atoms with Crippen molar-refractivity contribution in [2.45, 2.75) is 19.8 Å². The minimum Gasteiger partial charge on any atom is -0.493 e. The summed E-state index contributed by atoms with van der Waals surface area (Å²) in [4.78, 5) is 17.2. The molecule has 0 aromatic heterocycles. The van der Waals surface area contributed by atoms with E-state index in [-0.39, 0.29) is 5.91 Å². The zero-order valence-electron chi connectivity index (χ0n) is 11.2. The highest BCUT2D eigenvalue weighted by molar-refractivity contribution is 5.91. The lowest BCUT2D eigenvalue weighted by Gasteiger charge is -2.24. The van der Waals surface area contributed by atoms with Crippen molar-refractivity contribution in [1.29, 1.82) is 0 Å². The van der Waals surface area contributed by atoms with E-state index in [4.69, 9.17) is 9.57 Å². The number of ether oxygens (including phenoxy) is 1. The summed E-state index contributed by atoms with van der Waals surface area (Å²) in [6.07, 6.45) is 5.31. The second kappa shape index (κ2) is 6.95. The van der Waals surface area contributed by atoms with Gasteiger partial charge in [-0.1, -0.05) is 18.2 Å². The van der Waals surface area contributed by atoms with Gasteiger partial charge in [-0.05, 0) is 31.9 Å². The molecule has 0 saturated carbocycles. The first kappa shape index (κ1) is 13.6. The Kier molecular flexibility index (Phi) is 4.98. The van der Waals surface area contributed by atoms with Crippen LogP contribution < -0.4 is 4.74 Å². The molecule has 19 heavy (non-hydrogen) atoms. The maximum Gasteiger partial charge on any atom is 0.270 e. The smallest absolute Gasteiger partial charge is 0.270 e. The number of carbonyl (C=O) groups is 1. The van der Waals surface area contributed by atoms with E-state index < -0.39 is 0 Å². The van der Waals surface area contributed by atoms with Crippen molar-refractivity contribution >= 4 is 12.0 Å². The third-order valence-corrected chi connectivity index (χ3v) is 2.87. The summed E-state index contributed by atoms with van der Waals surface area (Å²) in [5, 5.41) is 1.42. The molecule has 0 aliphatic carbocycles. The Morgan fingerprint density at radius 2 is 2.26 bits per heavy atom. The minimum absolute atomic E-state index is 0.119. The molecule has 0 N–H and O–H groups in total. The lowest BCUT2D eigenvalue weighted by atomic mass is 10.2. The number of para-hydroxylation sites is 1. The van der Waals surface area contributed by atoms with E-state index >= 15 is 0 Å². The fourth-order valence-electron chi connectivity index (χ4n) is 1.92. The first-order chi connectivity index (χ1) is 9.31. The maximum atomic E-state index is 11.9. The Hall–Kier alpha value is -1.81. The highest BCUT2D eigenvalue weighted by Crippen LogP contribution is 2.19. The van der Waals surface area contributed by atoms with Gasteiger partial charge in [-0.15, -0.1) is 0 Å². The number of amides is 1. The second-order valence-electron chi connectivity index (χ2n) is 4.28. The van der Waals surface area contributed by atoms with Crippen molar-refractivity contribution in [2.75, 3.05) is 19.8 Å². The standard InChI is InChI=1S/C15H19NO3/c1-2-18-14-8-4-3-7-13(14)9-10-15(17)16-11-5-6-12-19-16/h3-4,7-10H,2,5-6,11-12H2,1H3/b10-9+. The molecule has 4 heteroatoms. The molecule has 1 fully saturated rings. The molecule has 1 saturated heterocycles. The van der Waals surface area contributed by atoms with Gasteiger partial charge in [0.15, 0.2) is 0 Å². The van der Waals surface area contributed by atoms with E-state index in [9.17, 15) is 4.79 Å². The average molecular weight is 261 g/mol. The molecule has 1 aliphatic rings. The third-order valence-electron chi connectivity index (χ3n) is 2.87. The first-order valence-corrected chi connectivity index (χ1v) is 6.65. The minimum atomic E-state index is -0.119. The zero-order chi connectivity index (χ0) is 13.5. The Morgan fingerprint density at radius 3 is 3.00 bits per heavy atom. The van der Waals surface area contributed by atoms with Crippen molar-refractivity contribution in [3.63, 3.8) is 0 Å². The molecule has 0 bridgehead atoms. The Labute approximate surface area is 113 Å². The van der Waals surface area contributed by atoms with Gasteiger partial charge in [-0.25, -0.2) is 5.06 Å². The van der Waals surface area contributed by atoms with Crippen molar-refractivity contribution in [1.82, 2.24) is 5.06 Å². The molecule has 1 heterocycles. The fourth-order valence-corrected chi connectivity index (χ4v) is 1.92. The van der Waals surface area contributed by atoms with Crippen LogP contribution in [0, 0.1) is 0 Å². The van der Waals surface area contributed by atoms with E-state index in [1.807, 2.05) is 31.2 Å². The van der Waals surface area contributed by atoms with Crippen LogP contribution >= 0.6 is 0 Å². The van der Waals surface area contributed by atoms with Gasteiger partial charge in [0.1, 0.15) is 5.75 Å². The predicted molar refractivity (Wildman–Crippen MR) is 73.5 cm³/mol. The molecule has 1 amide bonds. The van der Waals surface area contributed by atoms with Gasteiger partial charge in [0.25, 0.3) is 5.91 Å². The number of hydroxylamine groups is 2. The second-order valence-corrected chi connectivity index (χ2v) is 4.28. The molecule has 4 nitrogen and oxygen atoms in total. The van der Waals surface area contributed by atoms with E-state index in [1.165, 1.54) is 11.1 Å². The monoisotopic (exact) mass is 261 g/mol. The van der Waals surface area contributed by atoms with Crippen LogP contribution in [0.2, 0.25) is 0 Å². The Morgan fingerprint density at radius 1 is 1.42 bits per heavy atom. The quantitative estimate of drug-likeness (QED) is 0.782. The van der Waals surface area contributed by atoms with E-state index in [0.717, 1.165) is 24.2 Å². The summed E-state index contributed by atoms with van der Waals surface area (Å²) >= 11 is 0. The van der Waals surface area contributed by atoms with Gasteiger partial charge in [-0.3, -0.25) is 9.63 Å². The number of benzene rings is 1. The molecule has 0 radical (unpaired) electrons. The summed E-state index contributed by atoms with van der Waals surface area (Å²) in [5.74, 6) is 0.666. The van der Waals surface area contributed by atoms with Crippen LogP contribution in [0.1, 0.15) is 25.3 Å². The van der Waals surface area contributed by atoms with Crippen LogP contribution in [0.15, 0.2) is 30.3 Å². The number of carbonyl (C=O) groups excluding carboxylic acids is 1. The lowest BCUT2D eigenvalue weighted by Crippen LogP contribution is -2.34. The average Bonchev–Trinajstić information content (AvgIpc) is 2.47. The molecule has 0 atom stereocenters. The summed E-state index contributed by atoms with van der Waals surface area (Å²) in [7, 11) is 0. The molecular weight excluding hydrogens is 242 g/mol. The van der Waals surface area contributed by atoms with Gasteiger partial charge in [0.05, 0.1) is 13.2 Å². The summed E-state index contributed by atoms with van der Waals surface area (Å²) in [6, 6.07) is 7.65. The van der Waals surface area contributed by atoms with Crippen LogP contribution in [0.5, 0.6) is 5.75 Å². The summed E-state index contributed by atoms with van der Waals surface area (Å²) in [5.41, 5.74) is 0.898. The highest BCUT2D eigenvalue weighted by atomic mass is 16.7. The summed E-state index contributed by atoms with van der Waals surface area (Å²) in [6.45, 7) is 3.83. The SMILES string of the molecule is CCOc1ccccc1/C=C/C(=O)N1CCCCO1. The molecule has 0 unspecified atom stereocenters. The van der Waals surface area contributed by atoms with Gasteiger partial charge in [0, 0.05) is 18.2 Å². The first-order valence-electron chi connectivity index (χ1n) is 6.65. The highest BCUT2D eigenvalue weighted by Gasteiger charge is 2.15. The van der Waals surface area contributed by atoms with E-state index in [0.29, 0.717) is 19.8 Å². The number of hydrogen-bond donors (Lipinski definition) is 0. The van der Waals surface area contributed by atoms with E-state index in [2.05, 4.69) is 0 Å². The van der Waals surface area contributed by atoms with Crippen LogP contribution in [-0.4, -0.2) is 30.7 Å². The van der Waals surface area contributed by atoms with Crippen molar-refractivity contribution in [3.8, 4) is 5.75 Å². The van der Waals surface area contributed by atoms with Crippen molar-refractivity contribution in [3.05, 3.63) is 35.9 Å².